The summed E-state index contributed by atoms with van der Waals surface area (Å²) in [5.74, 6) is -7.17. The number of halogens is 2. The van der Waals surface area contributed by atoms with Crippen LogP contribution in [-0.4, -0.2) is 17.7 Å². The summed E-state index contributed by atoms with van der Waals surface area (Å²) in [6.07, 6.45) is 6.26. The lowest BCUT2D eigenvalue weighted by Crippen LogP contribution is -2.45. The molecule has 0 aliphatic carbocycles. The van der Waals surface area contributed by atoms with Crippen LogP contribution in [0.2, 0.25) is 0 Å². The molecular weight excluding hydrogens is 398 g/mol. The van der Waals surface area contributed by atoms with Gasteiger partial charge in [0.15, 0.2) is 0 Å². The Balaban J connectivity index is 1.95. The van der Waals surface area contributed by atoms with Gasteiger partial charge >= 0.3 is 17.7 Å². The van der Waals surface area contributed by atoms with Gasteiger partial charge in [0.05, 0.1) is 0 Å². The van der Waals surface area contributed by atoms with E-state index in [0.717, 1.165) is 49.7 Å². The first-order valence-electron chi connectivity index (χ1n) is 11.0. The summed E-state index contributed by atoms with van der Waals surface area (Å²) in [7, 11) is 0. The third kappa shape index (κ3) is 7.16. The summed E-state index contributed by atoms with van der Waals surface area (Å²) in [5.41, 5.74) is 2.60. The van der Waals surface area contributed by atoms with Gasteiger partial charge in [-0.1, -0.05) is 64.3 Å². The molecular formula is C25H32F2N2O2. The van der Waals surface area contributed by atoms with Crippen molar-refractivity contribution in [3.8, 4) is 0 Å². The average Bonchev–Trinajstić information content (AvgIpc) is 2.75. The molecule has 0 aromatic heterocycles. The number of nitrogens with one attached hydrogen (secondary N) is 2. The Bertz CT molecular complexity index is 849. The number of anilines is 2. The summed E-state index contributed by atoms with van der Waals surface area (Å²) in [5, 5.41) is 4.27. The molecule has 0 spiro atoms. The molecule has 1 unspecified atom stereocenters. The fourth-order valence-electron chi connectivity index (χ4n) is 3.35. The predicted molar refractivity (Wildman–Crippen MR) is 122 cm³/mol. The topological polar surface area (TPSA) is 58.2 Å². The first kappa shape index (κ1) is 24.5. The predicted octanol–water partition coefficient (Wildman–Crippen LogP) is 6.54. The van der Waals surface area contributed by atoms with E-state index < -0.39 is 17.7 Å². The summed E-state index contributed by atoms with van der Waals surface area (Å²) < 4.78 is 28.7. The zero-order valence-corrected chi connectivity index (χ0v) is 18.5. The summed E-state index contributed by atoms with van der Waals surface area (Å²) in [6, 6.07) is 13.5. The van der Waals surface area contributed by atoms with Crippen molar-refractivity contribution < 1.29 is 18.4 Å². The van der Waals surface area contributed by atoms with Gasteiger partial charge in [-0.25, -0.2) is 0 Å². The van der Waals surface area contributed by atoms with Gasteiger partial charge in [0, 0.05) is 11.4 Å². The third-order valence-electron chi connectivity index (χ3n) is 5.31. The molecule has 4 nitrogen and oxygen atoms in total. The lowest BCUT2D eigenvalue weighted by Gasteiger charge is -2.17. The minimum absolute atomic E-state index is 0.223. The second kappa shape index (κ2) is 11.6. The van der Waals surface area contributed by atoms with E-state index in [1.165, 1.54) is 0 Å². The van der Waals surface area contributed by atoms with Crippen LogP contribution in [0.25, 0.3) is 0 Å². The molecule has 0 saturated heterocycles. The molecule has 2 rings (SSSR count). The third-order valence-corrected chi connectivity index (χ3v) is 5.31. The maximum atomic E-state index is 14.4. The largest absolute Gasteiger partial charge is 0.401 e. The van der Waals surface area contributed by atoms with Gasteiger partial charge in [0.1, 0.15) is 0 Å². The summed E-state index contributed by atoms with van der Waals surface area (Å²) in [6.45, 7) is 6.31. The minimum Gasteiger partial charge on any atom is -0.320 e. The Labute approximate surface area is 183 Å². The molecule has 2 N–H and O–H groups in total. The molecule has 2 aromatic rings. The number of amides is 2. The molecule has 31 heavy (non-hydrogen) atoms. The van der Waals surface area contributed by atoms with Crippen LogP contribution in [0, 0.1) is 0 Å². The highest BCUT2D eigenvalue weighted by Crippen LogP contribution is 2.24. The lowest BCUT2D eigenvalue weighted by atomic mass is 9.96. The van der Waals surface area contributed by atoms with Crippen molar-refractivity contribution in [2.24, 2.45) is 0 Å². The second-order valence-corrected chi connectivity index (χ2v) is 7.95. The van der Waals surface area contributed by atoms with Crippen LogP contribution in [-0.2, 0) is 16.0 Å². The van der Waals surface area contributed by atoms with Crippen molar-refractivity contribution in [3.05, 3.63) is 59.7 Å². The number of aryl methyl sites for hydroxylation is 1. The first-order valence-corrected chi connectivity index (χ1v) is 11.0. The van der Waals surface area contributed by atoms with E-state index in [0.29, 0.717) is 5.92 Å². The molecule has 0 fully saturated rings. The van der Waals surface area contributed by atoms with Gasteiger partial charge in [-0.15, -0.1) is 0 Å². The van der Waals surface area contributed by atoms with Crippen LogP contribution in [0.1, 0.15) is 69.9 Å². The van der Waals surface area contributed by atoms with Gasteiger partial charge in [0.2, 0.25) is 0 Å². The maximum Gasteiger partial charge on any atom is 0.401 e. The molecule has 6 heteroatoms. The minimum atomic E-state index is -4.20. The molecule has 0 heterocycles. The normalized spacial score (nSPS) is 12.3. The van der Waals surface area contributed by atoms with Gasteiger partial charge in [-0.05, 0) is 60.6 Å². The standard InChI is InChI=1S/C25H32F2N2O2/c1-4-6-7-9-19-10-14-21(15-11-19)28-23(30)25(26,27)24(31)29-22-16-12-20(13-17-22)18(3)8-5-2/h10-18H,4-9H2,1-3H3,(H,28,30)(H,29,31). The average molecular weight is 431 g/mol. The Morgan fingerprint density at radius 2 is 1.35 bits per heavy atom. The molecule has 0 bridgehead atoms. The van der Waals surface area contributed by atoms with Gasteiger partial charge in [-0.3, -0.25) is 9.59 Å². The van der Waals surface area contributed by atoms with E-state index in [-0.39, 0.29) is 11.4 Å². The molecule has 1 atom stereocenters. The van der Waals surface area contributed by atoms with Gasteiger partial charge in [-0.2, -0.15) is 8.78 Å². The van der Waals surface area contributed by atoms with Crippen LogP contribution < -0.4 is 10.6 Å². The molecule has 0 aliphatic heterocycles. The summed E-state index contributed by atoms with van der Waals surface area (Å²) >= 11 is 0. The highest BCUT2D eigenvalue weighted by Gasteiger charge is 2.47. The zero-order chi connectivity index (χ0) is 22.9. The van der Waals surface area contributed by atoms with Crippen LogP contribution >= 0.6 is 0 Å². The van der Waals surface area contributed by atoms with Crippen LogP contribution in [0.15, 0.2) is 48.5 Å². The maximum absolute atomic E-state index is 14.4. The van der Waals surface area contributed by atoms with Gasteiger partial charge in [0.25, 0.3) is 0 Å². The number of benzene rings is 2. The first-order chi connectivity index (χ1) is 14.8. The molecule has 0 saturated carbocycles. The van der Waals surface area contributed by atoms with E-state index in [2.05, 4.69) is 31.4 Å². The van der Waals surface area contributed by atoms with Crippen molar-refractivity contribution in [2.75, 3.05) is 10.6 Å². The van der Waals surface area contributed by atoms with Crippen molar-refractivity contribution in [3.63, 3.8) is 0 Å². The van der Waals surface area contributed by atoms with Crippen molar-refractivity contribution in [1.82, 2.24) is 0 Å². The fraction of sp³-hybridized carbons (Fsp3) is 0.440. The number of hydrogen-bond acceptors (Lipinski definition) is 2. The number of alkyl halides is 2. The summed E-state index contributed by atoms with van der Waals surface area (Å²) in [4.78, 5) is 24.1. The molecule has 0 radical (unpaired) electrons. The van der Waals surface area contributed by atoms with E-state index in [4.69, 9.17) is 0 Å². The fourth-order valence-corrected chi connectivity index (χ4v) is 3.35. The highest BCUT2D eigenvalue weighted by molar-refractivity contribution is 6.16. The highest BCUT2D eigenvalue weighted by atomic mass is 19.3. The Morgan fingerprint density at radius 1 is 0.839 bits per heavy atom. The SMILES string of the molecule is CCCCCc1ccc(NC(=O)C(F)(F)C(=O)Nc2ccc(C(C)CCC)cc2)cc1. The Kier molecular flexibility index (Phi) is 9.16. The van der Waals surface area contributed by atoms with E-state index in [1.807, 2.05) is 0 Å². The van der Waals surface area contributed by atoms with E-state index in [9.17, 15) is 18.4 Å². The number of rotatable bonds is 11. The van der Waals surface area contributed by atoms with Crippen molar-refractivity contribution >= 4 is 23.2 Å². The molecule has 0 aliphatic rings. The van der Waals surface area contributed by atoms with Gasteiger partial charge < -0.3 is 10.6 Å². The second-order valence-electron chi connectivity index (χ2n) is 7.95. The van der Waals surface area contributed by atoms with E-state index in [1.54, 1.807) is 48.5 Å². The number of carbonyl (C=O) groups is 2. The van der Waals surface area contributed by atoms with E-state index >= 15 is 0 Å². The lowest BCUT2D eigenvalue weighted by molar-refractivity contribution is -0.152. The van der Waals surface area contributed by atoms with Crippen LogP contribution in [0.5, 0.6) is 0 Å². The smallest absolute Gasteiger partial charge is 0.320 e. The van der Waals surface area contributed by atoms with Crippen molar-refractivity contribution in [2.45, 2.75) is 71.1 Å². The number of unbranched alkanes of at least 4 members (excludes halogenated alkanes) is 2. The molecule has 168 valence electrons. The Morgan fingerprint density at radius 3 is 1.84 bits per heavy atom. The number of carbonyl (C=O) groups excluding carboxylic acids is 2. The molecule has 2 aromatic carbocycles. The van der Waals surface area contributed by atoms with Crippen molar-refractivity contribution in [1.29, 1.82) is 0 Å². The van der Waals surface area contributed by atoms with Crippen LogP contribution in [0.3, 0.4) is 0 Å². The molecule has 2 amide bonds. The quantitative estimate of drug-likeness (QED) is 0.314. The number of hydrogen-bond donors (Lipinski definition) is 2. The van der Waals surface area contributed by atoms with Crippen LogP contribution in [0.4, 0.5) is 20.2 Å². The Hall–Kier alpha value is -2.76. The zero-order valence-electron chi connectivity index (χ0n) is 18.5. The monoisotopic (exact) mass is 430 g/mol.